The molecule has 0 aliphatic carbocycles. The quantitative estimate of drug-likeness (QED) is 0.201. The van der Waals surface area contributed by atoms with Crippen molar-refractivity contribution < 1.29 is 29.3 Å². The maximum absolute atomic E-state index is 13.0. The van der Waals surface area contributed by atoms with Crippen molar-refractivity contribution in [3.8, 4) is 5.75 Å². The van der Waals surface area contributed by atoms with E-state index in [-0.39, 0.29) is 19.3 Å². The number of carbonyl (C=O) groups is 3. The van der Waals surface area contributed by atoms with Gasteiger partial charge in [0.15, 0.2) is 5.54 Å². The molecule has 7 nitrogen and oxygen atoms in total. The first-order valence-corrected chi connectivity index (χ1v) is 13.7. The fourth-order valence-corrected chi connectivity index (χ4v) is 4.88. The molecule has 204 valence electrons. The van der Waals surface area contributed by atoms with Crippen molar-refractivity contribution >= 4 is 17.8 Å². The van der Waals surface area contributed by atoms with Crippen LogP contribution in [0.3, 0.4) is 0 Å². The van der Waals surface area contributed by atoms with Gasteiger partial charge in [-0.1, -0.05) is 90.7 Å². The minimum absolute atomic E-state index is 0.00111. The van der Waals surface area contributed by atoms with Crippen LogP contribution in [-0.4, -0.2) is 52.2 Å². The number of nitrogens with zero attached hydrogens (tertiary/aromatic N) is 1. The number of hydrogen-bond donors (Lipinski definition) is 2. The molecular weight excluding hydrogens is 458 g/mol. The third-order valence-electron chi connectivity index (χ3n) is 7.21. The van der Waals surface area contributed by atoms with Crippen LogP contribution in [0.2, 0.25) is 0 Å². The van der Waals surface area contributed by atoms with Crippen LogP contribution in [-0.2, 0) is 20.8 Å². The smallest absolute Gasteiger partial charge is 0.330 e. The Morgan fingerprint density at radius 2 is 1.39 bits per heavy atom. The standard InChI is InChI=1S/C29H47NO6/c1-5-8-9-10-11-12-13-14-15-16-21-36-24-19-17-23(18-20-24)22-26(31)30(4)29(7-3,28(34)35)25(6-2)27(32)33/h17-20,25H,5-16,21-22H2,1-4H3,(H,32,33)(H,34,35)/t25?,29-/m0/s1. The number of likely N-dealkylation sites (N-methyl/N-ethyl adjacent to an activating group) is 1. The van der Waals surface area contributed by atoms with Gasteiger partial charge in [0.05, 0.1) is 18.9 Å². The number of amides is 1. The van der Waals surface area contributed by atoms with Crippen LogP contribution in [0.15, 0.2) is 24.3 Å². The largest absolute Gasteiger partial charge is 0.494 e. The zero-order valence-corrected chi connectivity index (χ0v) is 22.8. The van der Waals surface area contributed by atoms with Gasteiger partial charge in [-0.05, 0) is 37.0 Å². The Bertz CT molecular complexity index is 793. The van der Waals surface area contributed by atoms with Crippen molar-refractivity contribution in [3.05, 3.63) is 29.8 Å². The van der Waals surface area contributed by atoms with E-state index in [1.54, 1.807) is 26.0 Å². The van der Waals surface area contributed by atoms with Crippen LogP contribution in [0, 0.1) is 5.92 Å². The predicted molar refractivity (Wildman–Crippen MR) is 142 cm³/mol. The minimum Gasteiger partial charge on any atom is -0.494 e. The number of carboxylic acids is 2. The number of hydrogen-bond acceptors (Lipinski definition) is 4. The summed E-state index contributed by atoms with van der Waals surface area (Å²) in [5.74, 6) is -3.41. The van der Waals surface area contributed by atoms with E-state index in [0.29, 0.717) is 6.61 Å². The van der Waals surface area contributed by atoms with Gasteiger partial charge in [-0.15, -0.1) is 0 Å². The highest BCUT2D eigenvalue weighted by Crippen LogP contribution is 2.32. The zero-order chi connectivity index (χ0) is 27.0. The molecule has 1 rings (SSSR count). The maximum Gasteiger partial charge on any atom is 0.330 e. The lowest BCUT2D eigenvalue weighted by atomic mass is 9.78. The van der Waals surface area contributed by atoms with Crippen molar-refractivity contribution in [2.24, 2.45) is 5.92 Å². The summed E-state index contributed by atoms with van der Waals surface area (Å²) >= 11 is 0. The summed E-state index contributed by atoms with van der Waals surface area (Å²) in [6, 6.07) is 7.22. The Morgan fingerprint density at radius 1 is 0.861 bits per heavy atom. The summed E-state index contributed by atoms with van der Waals surface area (Å²) in [5.41, 5.74) is -1.08. The van der Waals surface area contributed by atoms with Gasteiger partial charge in [0, 0.05) is 7.05 Å². The van der Waals surface area contributed by atoms with Crippen LogP contribution in [0.1, 0.15) is 103 Å². The van der Waals surface area contributed by atoms with Crippen LogP contribution in [0.25, 0.3) is 0 Å². The number of benzene rings is 1. The van der Waals surface area contributed by atoms with Crippen molar-refractivity contribution in [2.45, 2.75) is 110 Å². The van der Waals surface area contributed by atoms with Crippen molar-refractivity contribution in [3.63, 3.8) is 0 Å². The number of rotatable bonds is 20. The lowest BCUT2D eigenvalue weighted by Crippen LogP contribution is -2.61. The van der Waals surface area contributed by atoms with E-state index < -0.39 is 29.3 Å². The molecule has 0 saturated carbocycles. The fourth-order valence-electron chi connectivity index (χ4n) is 4.88. The van der Waals surface area contributed by atoms with E-state index in [1.165, 1.54) is 58.4 Å². The second-order valence-electron chi connectivity index (χ2n) is 9.69. The van der Waals surface area contributed by atoms with Gasteiger partial charge in [-0.25, -0.2) is 4.79 Å². The first-order valence-electron chi connectivity index (χ1n) is 13.7. The van der Waals surface area contributed by atoms with E-state index in [9.17, 15) is 24.6 Å². The molecular formula is C29H47NO6. The average molecular weight is 506 g/mol. The predicted octanol–water partition coefficient (Wildman–Crippen LogP) is 6.33. The Kier molecular flexibility index (Phi) is 14.8. The van der Waals surface area contributed by atoms with E-state index in [2.05, 4.69) is 6.92 Å². The SMILES string of the molecule is CCCCCCCCCCCCOc1ccc(CC(=O)N(C)[C@](CC)(C(=O)O)C(CC)C(=O)O)cc1. The monoisotopic (exact) mass is 505 g/mol. The van der Waals surface area contributed by atoms with Gasteiger partial charge in [-0.2, -0.15) is 0 Å². The maximum atomic E-state index is 13.0. The lowest BCUT2D eigenvalue weighted by molar-refractivity contribution is -0.170. The number of carboxylic acid groups (broad SMARTS) is 2. The highest BCUT2D eigenvalue weighted by Gasteiger charge is 2.52. The molecule has 0 bridgehead atoms. The molecule has 7 heteroatoms. The van der Waals surface area contributed by atoms with E-state index in [4.69, 9.17) is 4.74 Å². The molecule has 1 aromatic carbocycles. The highest BCUT2D eigenvalue weighted by molar-refractivity contribution is 5.92. The molecule has 0 heterocycles. The number of carbonyl (C=O) groups excluding carboxylic acids is 1. The molecule has 0 aliphatic rings. The third kappa shape index (κ3) is 9.47. The molecule has 2 atom stereocenters. The summed E-state index contributed by atoms with van der Waals surface area (Å²) in [4.78, 5) is 38.0. The van der Waals surface area contributed by atoms with E-state index >= 15 is 0 Å². The van der Waals surface area contributed by atoms with Gasteiger partial charge in [0.2, 0.25) is 5.91 Å². The Hall–Kier alpha value is -2.57. The summed E-state index contributed by atoms with van der Waals surface area (Å²) in [6.07, 6.45) is 12.8. The van der Waals surface area contributed by atoms with Crippen LogP contribution < -0.4 is 4.74 Å². The van der Waals surface area contributed by atoms with Crippen molar-refractivity contribution in [2.75, 3.05) is 13.7 Å². The Morgan fingerprint density at radius 3 is 1.83 bits per heavy atom. The molecule has 0 saturated heterocycles. The summed E-state index contributed by atoms with van der Waals surface area (Å²) in [7, 11) is 1.38. The first-order chi connectivity index (χ1) is 17.2. The van der Waals surface area contributed by atoms with Crippen molar-refractivity contribution in [1.82, 2.24) is 4.90 Å². The van der Waals surface area contributed by atoms with Gasteiger partial charge >= 0.3 is 11.9 Å². The molecule has 1 aromatic rings. The van der Waals surface area contributed by atoms with Gasteiger partial charge in [0.1, 0.15) is 5.75 Å². The molecule has 36 heavy (non-hydrogen) atoms. The topological polar surface area (TPSA) is 104 Å². The first kappa shape index (κ1) is 31.5. The van der Waals surface area contributed by atoms with Crippen LogP contribution >= 0.6 is 0 Å². The second-order valence-corrected chi connectivity index (χ2v) is 9.69. The summed E-state index contributed by atoms with van der Waals surface area (Å²) in [5, 5.41) is 19.5. The normalized spacial score (nSPS) is 13.6. The average Bonchev–Trinajstić information content (AvgIpc) is 2.85. The Balaban J connectivity index is 2.51. The van der Waals surface area contributed by atoms with Gasteiger partial charge in [-0.3, -0.25) is 9.59 Å². The Labute approximate surface area is 217 Å². The fraction of sp³-hybridized carbons (Fsp3) is 0.690. The number of aliphatic carboxylic acids is 2. The van der Waals surface area contributed by atoms with Crippen LogP contribution in [0.5, 0.6) is 5.75 Å². The molecule has 0 aliphatic heterocycles. The molecule has 0 radical (unpaired) electrons. The summed E-state index contributed by atoms with van der Waals surface area (Å²) in [6.45, 7) is 6.12. The highest BCUT2D eigenvalue weighted by atomic mass is 16.5. The minimum atomic E-state index is -1.80. The molecule has 1 amide bonds. The van der Waals surface area contributed by atoms with E-state index in [0.717, 1.165) is 29.1 Å². The van der Waals surface area contributed by atoms with E-state index in [1.807, 2.05) is 12.1 Å². The second kappa shape index (κ2) is 17.0. The van der Waals surface area contributed by atoms with Crippen LogP contribution in [0.4, 0.5) is 0 Å². The number of unbranched alkanes of at least 4 members (excludes halogenated alkanes) is 9. The third-order valence-corrected chi connectivity index (χ3v) is 7.21. The molecule has 0 aromatic heterocycles. The van der Waals surface area contributed by atoms with Gasteiger partial charge < -0.3 is 19.8 Å². The molecule has 0 spiro atoms. The van der Waals surface area contributed by atoms with Gasteiger partial charge in [0.25, 0.3) is 0 Å². The zero-order valence-electron chi connectivity index (χ0n) is 22.8. The number of ether oxygens (including phenoxy) is 1. The summed E-state index contributed by atoms with van der Waals surface area (Å²) < 4.78 is 5.82. The molecule has 1 unspecified atom stereocenters. The van der Waals surface area contributed by atoms with Crippen molar-refractivity contribution in [1.29, 1.82) is 0 Å². The molecule has 0 fully saturated rings. The molecule has 2 N–H and O–H groups in total. The lowest BCUT2D eigenvalue weighted by Gasteiger charge is -2.41.